The molecule has 3 rings (SSSR count). The summed E-state index contributed by atoms with van der Waals surface area (Å²) in [7, 11) is 5.34. The van der Waals surface area contributed by atoms with Crippen molar-refractivity contribution < 1.29 is 4.79 Å². The Morgan fingerprint density at radius 1 is 1.24 bits per heavy atom. The van der Waals surface area contributed by atoms with Crippen molar-refractivity contribution >= 4 is 11.9 Å². The highest BCUT2D eigenvalue weighted by Crippen LogP contribution is 2.40. The number of amides is 1. The number of rotatable bonds is 5. The average Bonchev–Trinajstić information content (AvgIpc) is 3.06. The Morgan fingerprint density at radius 3 is 2.60 bits per heavy atom. The maximum Gasteiger partial charge on any atom is 0.248 e. The zero-order valence-corrected chi connectivity index (χ0v) is 14.8. The van der Waals surface area contributed by atoms with E-state index < -0.39 is 5.54 Å². The van der Waals surface area contributed by atoms with Gasteiger partial charge in [0, 0.05) is 58.0 Å². The second-order valence-corrected chi connectivity index (χ2v) is 6.34. The molecule has 1 fully saturated rings. The first-order valence-corrected chi connectivity index (χ1v) is 8.30. The van der Waals surface area contributed by atoms with Gasteiger partial charge < -0.3 is 10.2 Å². The van der Waals surface area contributed by atoms with Crippen LogP contribution in [0, 0.1) is 0 Å². The van der Waals surface area contributed by atoms with Crippen LogP contribution in [0.4, 0.5) is 5.95 Å². The van der Waals surface area contributed by atoms with Gasteiger partial charge in [-0.2, -0.15) is 0 Å². The molecule has 0 aliphatic carbocycles. The normalized spacial score (nSPS) is 20.4. The number of nitrogens with one attached hydrogen (secondary N) is 1. The zero-order chi connectivity index (χ0) is 17.9. The van der Waals surface area contributed by atoms with E-state index in [2.05, 4.69) is 30.2 Å². The number of carbonyl (C=O) groups excluding carboxylic acids is 1. The van der Waals surface area contributed by atoms with E-state index in [1.165, 1.54) is 0 Å². The predicted molar refractivity (Wildman–Crippen MR) is 93.6 cm³/mol. The van der Waals surface area contributed by atoms with Gasteiger partial charge in [0.15, 0.2) is 0 Å². The van der Waals surface area contributed by atoms with Gasteiger partial charge in [0.2, 0.25) is 11.9 Å². The molecule has 0 radical (unpaired) electrons. The van der Waals surface area contributed by atoms with E-state index in [1.807, 2.05) is 0 Å². The van der Waals surface area contributed by atoms with E-state index in [4.69, 9.17) is 0 Å². The summed E-state index contributed by atoms with van der Waals surface area (Å²) in [6.45, 7) is 1.39. The van der Waals surface area contributed by atoms with Crippen LogP contribution < -0.4 is 5.32 Å². The fourth-order valence-electron chi connectivity index (χ4n) is 3.40. The maximum atomic E-state index is 13.1. The highest BCUT2D eigenvalue weighted by atomic mass is 16.2. The molecule has 0 spiro atoms. The molecule has 2 aromatic heterocycles. The lowest BCUT2D eigenvalue weighted by Crippen LogP contribution is -2.52. The maximum absolute atomic E-state index is 13.1. The number of likely N-dealkylation sites (N-methyl/N-ethyl adjacent to an activating group) is 1. The molecular weight excluding hydrogens is 318 g/mol. The zero-order valence-electron chi connectivity index (χ0n) is 14.8. The summed E-state index contributed by atoms with van der Waals surface area (Å²) < 4.78 is 0. The molecule has 0 unspecified atom stereocenters. The molecule has 0 aromatic carbocycles. The van der Waals surface area contributed by atoms with Gasteiger partial charge >= 0.3 is 0 Å². The second-order valence-electron chi connectivity index (χ2n) is 6.34. The second kappa shape index (κ2) is 7.10. The van der Waals surface area contributed by atoms with Gasteiger partial charge in [0.05, 0.1) is 11.9 Å². The van der Waals surface area contributed by atoms with Crippen molar-refractivity contribution in [1.29, 1.82) is 0 Å². The fourth-order valence-corrected chi connectivity index (χ4v) is 3.40. The summed E-state index contributed by atoms with van der Waals surface area (Å²) in [6, 6.07) is 0. The molecule has 1 atom stereocenters. The highest BCUT2D eigenvalue weighted by molar-refractivity contribution is 5.87. The number of aromatic nitrogens is 4. The summed E-state index contributed by atoms with van der Waals surface area (Å²) in [5, 5.41) is 2.91. The Balaban J connectivity index is 1.96. The van der Waals surface area contributed by atoms with Crippen LogP contribution in [-0.2, 0) is 16.9 Å². The summed E-state index contributed by atoms with van der Waals surface area (Å²) >= 11 is 0. The number of hydrogen-bond acceptors (Lipinski definition) is 7. The largest absolute Gasteiger partial charge is 0.357 e. The summed E-state index contributed by atoms with van der Waals surface area (Å²) in [4.78, 5) is 34.1. The molecule has 2 aromatic rings. The number of hydrogen-bond donors (Lipinski definition) is 1. The Hall–Kier alpha value is -2.61. The third-order valence-corrected chi connectivity index (χ3v) is 4.56. The number of anilines is 1. The van der Waals surface area contributed by atoms with Gasteiger partial charge in [-0.05, 0) is 19.4 Å². The molecular formula is C17H23N7O. The van der Waals surface area contributed by atoms with Crippen LogP contribution >= 0.6 is 0 Å². The smallest absolute Gasteiger partial charge is 0.248 e. The molecule has 1 saturated heterocycles. The van der Waals surface area contributed by atoms with E-state index in [1.54, 1.807) is 57.0 Å². The van der Waals surface area contributed by atoms with Crippen LogP contribution in [0.2, 0.25) is 0 Å². The summed E-state index contributed by atoms with van der Waals surface area (Å²) in [6.07, 6.45) is 10.2. The van der Waals surface area contributed by atoms with Gasteiger partial charge in [0.1, 0.15) is 5.54 Å². The van der Waals surface area contributed by atoms with Crippen molar-refractivity contribution in [2.75, 3.05) is 33.0 Å². The fraction of sp³-hybridized carbons (Fsp3) is 0.471. The van der Waals surface area contributed by atoms with Crippen LogP contribution in [0.15, 0.2) is 31.0 Å². The number of likely N-dealkylation sites (tertiary alicyclic amines) is 1. The summed E-state index contributed by atoms with van der Waals surface area (Å²) in [5.74, 6) is 0.605. The first-order chi connectivity index (χ1) is 12.1. The minimum absolute atomic E-state index is 0.0262. The van der Waals surface area contributed by atoms with Crippen LogP contribution in [0.1, 0.15) is 24.1 Å². The van der Waals surface area contributed by atoms with Crippen LogP contribution in [-0.4, -0.2) is 63.3 Å². The molecule has 1 N–H and O–H groups in total. The van der Waals surface area contributed by atoms with Crippen molar-refractivity contribution in [1.82, 2.24) is 29.7 Å². The molecule has 0 bridgehead atoms. The lowest BCUT2D eigenvalue weighted by Gasteiger charge is -2.38. The van der Waals surface area contributed by atoms with Crippen molar-refractivity contribution in [3.05, 3.63) is 42.2 Å². The monoisotopic (exact) mass is 341 g/mol. The summed E-state index contributed by atoms with van der Waals surface area (Å²) in [5.41, 5.74) is 0.860. The van der Waals surface area contributed by atoms with E-state index in [-0.39, 0.29) is 5.91 Å². The molecule has 8 nitrogen and oxygen atoms in total. The molecule has 25 heavy (non-hydrogen) atoms. The molecule has 1 amide bonds. The number of nitrogens with zero attached hydrogens (tertiary/aromatic N) is 6. The Kier molecular flexibility index (Phi) is 4.89. The van der Waals surface area contributed by atoms with Crippen molar-refractivity contribution in [2.24, 2.45) is 0 Å². The van der Waals surface area contributed by atoms with Crippen molar-refractivity contribution in [3.8, 4) is 0 Å². The molecule has 0 saturated carbocycles. The highest BCUT2D eigenvalue weighted by Gasteiger charge is 2.50. The van der Waals surface area contributed by atoms with Gasteiger partial charge in [-0.15, -0.1) is 0 Å². The molecule has 132 valence electrons. The average molecular weight is 341 g/mol. The van der Waals surface area contributed by atoms with E-state index in [9.17, 15) is 4.79 Å². The lowest BCUT2D eigenvalue weighted by atomic mass is 9.90. The first kappa shape index (κ1) is 17.2. The quantitative estimate of drug-likeness (QED) is 0.864. The van der Waals surface area contributed by atoms with Gasteiger partial charge in [-0.1, -0.05) is 0 Å². The molecule has 8 heteroatoms. The van der Waals surface area contributed by atoms with Crippen molar-refractivity contribution in [3.63, 3.8) is 0 Å². The Morgan fingerprint density at radius 2 is 2.00 bits per heavy atom. The SMILES string of the molecule is CNc1ncc(CN2CCC[C@]2(C(=O)N(C)C)c2cnccn2)cn1. The standard InChI is InChI=1S/C17H23N7O/c1-18-16-21-9-13(10-22-16)12-24-8-4-5-17(24,15(25)23(2)3)14-11-19-6-7-20-14/h6-7,9-11H,4-5,8,12H2,1-3H3,(H,18,21,22)/t17-/m1/s1. The van der Waals surface area contributed by atoms with E-state index >= 15 is 0 Å². The predicted octanol–water partition coefficient (Wildman–Crippen LogP) is 0.888. The van der Waals surface area contributed by atoms with Gasteiger partial charge in [-0.3, -0.25) is 19.7 Å². The van der Waals surface area contributed by atoms with Gasteiger partial charge in [-0.25, -0.2) is 9.97 Å². The topological polar surface area (TPSA) is 87.1 Å². The molecule has 1 aliphatic heterocycles. The van der Waals surface area contributed by atoms with Crippen LogP contribution in [0.3, 0.4) is 0 Å². The molecule has 3 heterocycles. The van der Waals surface area contributed by atoms with Crippen LogP contribution in [0.25, 0.3) is 0 Å². The van der Waals surface area contributed by atoms with E-state index in [0.29, 0.717) is 18.2 Å². The number of carbonyl (C=O) groups is 1. The van der Waals surface area contributed by atoms with E-state index in [0.717, 1.165) is 24.9 Å². The Bertz CT molecular complexity index is 720. The molecule has 1 aliphatic rings. The minimum Gasteiger partial charge on any atom is -0.357 e. The minimum atomic E-state index is -0.792. The first-order valence-electron chi connectivity index (χ1n) is 8.30. The van der Waals surface area contributed by atoms with Crippen molar-refractivity contribution in [2.45, 2.75) is 24.9 Å². The van der Waals surface area contributed by atoms with Crippen LogP contribution in [0.5, 0.6) is 0 Å². The van der Waals surface area contributed by atoms with Gasteiger partial charge in [0.25, 0.3) is 0 Å². The Labute approximate surface area is 147 Å². The lowest BCUT2D eigenvalue weighted by molar-refractivity contribution is -0.141. The third-order valence-electron chi connectivity index (χ3n) is 4.56. The third kappa shape index (κ3) is 3.17.